The second kappa shape index (κ2) is 6.87. The molecule has 4 nitrogen and oxygen atoms in total. The van der Waals surface area contributed by atoms with Crippen LogP contribution in [-0.4, -0.2) is 9.78 Å². The van der Waals surface area contributed by atoms with E-state index in [1.54, 1.807) is 0 Å². The lowest BCUT2D eigenvalue weighted by Crippen LogP contribution is -2.45. The number of rotatable bonds is 7. The molecule has 1 atom stereocenters. The fraction of sp³-hybridized carbons (Fsp3) is 0.471. The molecule has 1 heterocycles. The molecule has 0 radical (unpaired) electrons. The Morgan fingerprint density at radius 1 is 1.14 bits per heavy atom. The van der Waals surface area contributed by atoms with Crippen LogP contribution >= 0.6 is 0 Å². The molecular formula is C17H26N4. The van der Waals surface area contributed by atoms with Crippen molar-refractivity contribution in [2.24, 2.45) is 5.84 Å². The highest BCUT2D eigenvalue weighted by molar-refractivity contribution is 5.31. The Morgan fingerprint density at radius 3 is 2.33 bits per heavy atom. The van der Waals surface area contributed by atoms with Crippen LogP contribution in [0.1, 0.15) is 50.9 Å². The number of hydrazine groups is 1. The largest absolute Gasteiger partial charge is 0.271 e. The van der Waals surface area contributed by atoms with Gasteiger partial charge in [0.1, 0.15) is 0 Å². The quantitative estimate of drug-likeness (QED) is 0.607. The van der Waals surface area contributed by atoms with Crippen molar-refractivity contribution < 1.29 is 0 Å². The summed E-state index contributed by atoms with van der Waals surface area (Å²) in [5, 5.41) is 4.40. The van der Waals surface area contributed by atoms with E-state index >= 15 is 0 Å². The Morgan fingerprint density at radius 2 is 1.81 bits per heavy atom. The van der Waals surface area contributed by atoms with E-state index in [1.165, 1.54) is 5.56 Å². The van der Waals surface area contributed by atoms with Gasteiger partial charge >= 0.3 is 0 Å². The molecule has 0 fully saturated rings. The van der Waals surface area contributed by atoms with E-state index in [9.17, 15) is 0 Å². The lowest BCUT2D eigenvalue weighted by molar-refractivity contribution is 0.264. The first-order chi connectivity index (χ1) is 10.2. The van der Waals surface area contributed by atoms with Crippen LogP contribution in [-0.2, 0) is 12.0 Å². The molecule has 114 valence electrons. The molecule has 1 aromatic carbocycles. The first-order valence-corrected chi connectivity index (χ1v) is 7.76. The van der Waals surface area contributed by atoms with Gasteiger partial charge in [0.15, 0.2) is 0 Å². The summed E-state index contributed by atoms with van der Waals surface area (Å²) in [5.74, 6) is 5.97. The number of aromatic nitrogens is 2. The number of nitrogens with two attached hydrogens (primary N) is 1. The van der Waals surface area contributed by atoms with Gasteiger partial charge in [-0.1, -0.05) is 44.2 Å². The van der Waals surface area contributed by atoms with Gasteiger partial charge in [-0.2, -0.15) is 5.10 Å². The van der Waals surface area contributed by atoms with Crippen LogP contribution < -0.4 is 11.3 Å². The molecule has 0 spiro atoms. The molecule has 1 aromatic heterocycles. The van der Waals surface area contributed by atoms with Gasteiger partial charge in [-0.05, 0) is 31.4 Å². The molecule has 0 saturated carbocycles. The smallest absolute Gasteiger partial charge is 0.0725 e. The molecule has 0 saturated heterocycles. The minimum atomic E-state index is -0.0387. The van der Waals surface area contributed by atoms with Gasteiger partial charge < -0.3 is 0 Å². The molecular weight excluding hydrogens is 260 g/mol. The molecule has 0 aliphatic heterocycles. The van der Waals surface area contributed by atoms with E-state index in [-0.39, 0.29) is 11.5 Å². The third-order valence-electron chi connectivity index (χ3n) is 4.67. The zero-order valence-electron chi connectivity index (χ0n) is 13.2. The maximum Gasteiger partial charge on any atom is 0.0725 e. The molecule has 0 amide bonds. The topological polar surface area (TPSA) is 55.9 Å². The monoisotopic (exact) mass is 286 g/mol. The van der Waals surface area contributed by atoms with Crippen molar-refractivity contribution in [3.05, 3.63) is 53.9 Å². The Balaban J connectivity index is 2.54. The second-order valence-corrected chi connectivity index (χ2v) is 5.40. The SMILES string of the molecule is CCn1nccc1C(NN)C(CC)(CC)c1ccccc1. The normalized spacial score (nSPS) is 13.3. The molecule has 2 aromatic rings. The Kier molecular flexibility index (Phi) is 5.15. The van der Waals surface area contributed by atoms with Gasteiger partial charge in [0.05, 0.1) is 11.7 Å². The number of aryl methyl sites for hydroxylation is 1. The Labute approximate surface area is 127 Å². The van der Waals surface area contributed by atoms with Crippen LogP contribution in [0.25, 0.3) is 0 Å². The number of hydrogen-bond donors (Lipinski definition) is 2. The summed E-state index contributed by atoms with van der Waals surface area (Å²) >= 11 is 0. The summed E-state index contributed by atoms with van der Waals surface area (Å²) in [6.45, 7) is 7.41. The maximum atomic E-state index is 5.97. The first kappa shape index (κ1) is 15.7. The van der Waals surface area contributed by atoms with E-state index in [0.717, 1.165) is 25.1 Å². The second-order valence-electron chi connectivity index (χ2n) is 5.40. The van der Waals surface area contributed by atoms with E-state index < -0.39 is 0 Å². The van der Waals surface area contributed by atoms with Crippen LogP contribution in [0.2, 0.25) is 0 Å². The molecule has 1 unspecified atom stereocenters. The fourth-order valence-corrected chi connectivity index (χ4v) is 3.38. The van der Waals surface area contributed by atoms with Crippen molar-refractivity contribution >= 4 is 0 Å². The molecule has 0 aliphatic rings. The molecule has 3 N–H and O–H groups in total. The van der Waals surface area contributed by atoms with Crippen LogP contribution in [0.3, 0.4) is 0 Å². The summed E-state index contributed by atoms with van der Waals surface area (Å²) in [7, 11) is 0. The zero-order chi connectivity index (χ0) is 15.3. The molecule has 2 rings (SSSR count). The lowest BCUT2D eigenvalue weighted by atomic mass is 9.69. The van der Waals surface area contributed by atoms with E-state index in [2.05, 4.69) is 67.7 Å². The Bertz CT molecular complexity index is 543. The minimum absolute atomic E-state index is 0.0387. The predicted molar refractivity (Wildman–Crippen MR) is 86.7 cm³/mol. The standard InChI is InChI=1S/C17H26N4/c1-4-17(5-2,14-10-8-7-9-11-14)16(20-18)15-12-13-19-21(15)6-3/h7-13,16,20H,4-6,18H2,1-3H3. The van der Waals surface area contributed by atoms with Crippen LogP contribution in [0.4, 0.5) is 0 Å². The van der Waals surface area contributed by atoms with Crippen molar-refractivity contribution in [3.8, 4) is 0 Å². The predicted octanol–water partition coefficient (Wildman–Crippen LogP) is 3.17. The van der Waals surface area contributed by atoms with E-state index in [0.29, 0.717) is 0 Å². The van der Waals surface area contributed by atoms with Gasteiger partial charge in [0.25, 0.3) is 0 Å². The highest BCUT2D eigenvalue weighted by atomic mass is 15.3. The van der Waals surface area contributed by atoms with Crippen LogP contribution in [0, 0.1) is 0 Å². The van der Waals surface area contributed by atoms with Gasteiger partial charge in [0.2, 0.25) is 0 Å². The molecule has 0 bridgehead atoms. The van der Waals surface area contributed by atoms with Crippen molar-refractivity contribution in [3.63, 3.8) is 0 Å². The third-order valence-corrected chi connectivity index (χ3v) is 4.67. The van der Waals surface area contributed by atoms with E-state index in [4.69, 9.17) is 5.84 Å². The first-order valence-electron chi connectivity index (χ1n) is 7.76. The van der Waals surface area contributed by atoms with Gasteiger partial charge in [0, 0.05) is 18.2 Å². The molecule has 0 aliphatic carbocycles. The summed E-state index contributed by atoms with van der Waals surface area (Å²) in [4.78, 5) is 0. The van der Waals surface area contributed by atoms with Crippen molar-refractivity contribution in [1.82, 2.24) is 15.2 Å². The highest BCUT2D eigenvalue weighted by Crippen LogP contribution is 2.42. The number of hydrogen-bond acceptors (Lipinski definition) is 3. The van der Waals surface area contributed by atoms with Gasteiger partial charge in [-0.15, -0.1) is 0 Å². The minimum Gasteiger partial charge on any atom is -0.271 e. The van der Waals surface area contributed by atoms with Gasteiger partial charge in [-0.3, -0.25) is 16.0 Å². The summed E-state index contributed by atoms with van der Waals surface area (Å²) in [6.07, 6.45) is 3.87. The molecule has 21 heavy (non-hydrogen) atoms. The van der Waals surface area contributed by atoms with Crippen molar-refractivity contribution in [2.75, 3.05) is 0 Å². The number of nitrogens with zero attached hydrogens (tertiary/aromatic N) is 2. The van der Waals surface area contributed by atoms with E-state index in [1.807, 2.05) is 10.9 Å². The zero-order valence-corrected chi connectivity index (χ0v) is 13.2. The summed E-state index contributed by atoms with van der Waals surface area (Å²) < 4.78 is 2.02. The van der Waals surface area contributed by atoms with Crippen molar-refractivity contribution in [2.45, 2.75) is 51.6 Å². The fourth-order valence-electron chi connectivity index (χ4n) is 3.38. The molecule has 4 heteroatoms. The summed E-state index contributed by atoms with van der Waals surface area (Å²) in [6, 6.07) is 12.8. The third kappa shape index (κ3) is 2.74. The Hall–Kier alpha value is -1.65. The highest BCUT2D eigenvalue weighted by Gasteiger charge is 2.39. The van der Waals surface area contributed by atoms with Crippen molar-refractivity contribution in [1.29, 1.82) is 0 Å². The number of benzene rings is 1. The van der Waals surface area contributed by atoms with Crippen LogP contribution in [0.15, 0.2) is 42.6 Å². The number of nitrogens with one attached hydrogen (secondary N) is 1. The average molecular weight is 286 g/mol. The maximum absolute atomic E-state index is 5.97. The van der Waals surface area contributed by atoms with Crippen LogP contribution in [0.5, 0.6) is 0 Å². The lowest BCUT2D eigenvalue weighted by Gasteiger charge is -2.40. The summed E-state index contributed by atoms with van der Waals surface area (Å²) in [5.41, 5.74) is 5.49. The average Bonchev–Trinajstić information content (AvgIpc) is 3.01. The van der Waals surface area contributed by atoms with Gasteiger partial charge in [-0.25, -0.2) is 0 Å².